The SMILES string of the molecule is O=C(NCc1cn2cc(Br)ccc2n1)c1ccc([N+](=O)[O-])cc1F. The molecule has 3 aromatic rings. The van der Waals surface area contributed by atoms with Gasteiger partial charge in [0.15, 0.2) is 0 Å². The summed E-state index contributed by atoms with van der Waals surface area (Å²) in [7, 11) is 0. The maximum atomic E-state index is 13.8. The molecule has 2 aromatic heterocycles. The normalized spacial score (nSPS) is 10.8. The number of fused-ring (bicyclic) bond motifs is 1. The lowest BCUT2D eigenvalue weighted by atomic mass is 10.2. The number of hydrogen-bond donors (Lipinski definition) is 1. The molecule has 1 aromatic carbocycles. The summed E-state index contributed by atoms with van der Waals surface area (Å²) in [5.74, 6) is -1.61. The van der Waals surface area contributed by atoms with Crippen LogP contribution in [0.1, 0.15) is 16.1 Å². The average Bonchev–Trinajstić information content (AvgIpc) is 2.94. The Balaban J connectivity index is 1.73. The minimum absolute atomic E-state index is 0.106. The van der Waals surface area contributed by atoms with Crippen molar-refractivity contribution in [1.29, 1.82) is 0 Å². The van der Waals surface area contributed by atoms with E-state index in [1.165, 1.54) is 0 Å². The second kappa shape index (κ2) is 6.36. The molecule has 0 bridgehead atoms. The van der Waals surface area contributed by atoms with Crippen LogP contribution in [0, 0.1) is 15.9 Å². The first-order chi connectivity index (χ1) is 11.4. The molecule has 24 heavy (non-hydrogen) atoms. The third-order valence-electron chi connectivity index (χ3n) is 3.30. The summed E-state index contributed by atoms with van der Waals surface area (Å²) in [6.45, 7) is 0.106. The van der Waals surface area contributed by atoms with Gasteiger partial charge in [-0.25, -0.2) is 9.37 Å². The number of carbonyl (C=O) groups is 1. The van der Waals surface area contributed by atoms with Crippen molar-refractivity contribution in [2.75, 3.05) is 0 Å². The molecule has 0 saturated heterocycles. The number of non-ortho nitro benzene ring substituents is 1. The van der Waals surface area contributed by atoms with Gasteiger partial charge in [0.2, 0.25) is 0 Å². The Kier molecular flexibility index (Phi) is 4.26. The second-order valence-electron chi connectivity index (χ2n) is 4.95. The number of carbonyl (C=O) groups excluding carboxylic acids is 1. The Hall–Kier alpha value is -2.81. The molecule has 0 aliphatic carbocycles. The fraction of sp³-hybridized carbons (Fsp3) is 0.0667. The number of hydrogen-bond acceptors (Lipinski definition) is 4. The second-order valence-corrected chi connectivity index (χ2v) is 5.86. The molecule has 9 heteroatoms. The third-order valence-corrected chi connectivity index (χ3v) is 3.77. The van der Waals surface area contributed by atoms with Gasteiger partial charge in [-0.15, -0.1) is 0 Å². The van der Waals surface area contributed by atoms with Crippen molar-refractivity contribution < 1.29 is 14.1 Å². The highest BCUT2D eigenvalue weighted by atomic mass is 79.9. The Bertz CT molecular complexity index is 957. The Morgan fingerprint density at radius 2 is 2.12 bits per heavy atom. The van der Waals surface area contributed by atoms with Crippen molar-refractivity contribution >= 4 is 33.2 Å². The molecule has 0 atom stereocenters. The molecule has 0 aliphatic rings. The summed E-state index contributed by atoms with van der Waals surface area (Å²) in [4.78, 5) is 26.2. The largest absolute Gasteiger partial charge is 0.346 e. The first-order valence-electron chi connectivity index (χ1n) is 6.79. The molecule has 0 unspecified atom stereocenters. The number of nitro benzene ring substituents is 1. The molecule has 0 saturated carbocycles. The van der Waals surface area contributed by atoms with E-state index in [2.05, 4.69) is 26.2 Å². The number of nitrogens with zero attached hydrogens (tertiary/aromatic N) is 3. The average molecular weight is 393 g/mol. The molecule has 0 spiro atoms. The number of nitrogens with one attached hydrogen (secondary N) is 1. The maximum Gasteiger partial charge on any atom is 0.272 e. The fourth-order valence-electron chi connectivity index (χ4n) is 2.17. The predicted octanol–water partition coefficient (Wildman–Crippen LogP) is 3.07. The highest BCUT2D eigenvalue weighted by Gasteiger charge is 2.16. The van der Waals surface area contributed by atoms with Crippen LogP contribution in [-0.4, -0.2) is 20.2 Å². The van der Waals surface area contributed by atoms with E-state index in [1.807, 2.05) is 18.3 Å². The van der Waals surface area contributed by atoms with Crippen LogP contribution in [0.2, 0.25) is 0 Å². The van der Waals surface area contributed by atoms with Crippen LogP contribution in [0.5, 0.6) is 0 Å². The van der Waals surface area contributed by atoms with E-state index in [1.54, 1.807) is 10.6 Å². The smallest absolute Gasteiger partial charge is 0.272 e. The van der Waals surface area contributed by atoms with E-state index < -0.39 is 22.3 Å². The molecule has 7 nitrogen and oxygen atoms in total. The van der Waals surface area contributed by atoms with Gasteiger partial charge in [-0.2, -0.15) is 0 Å². The van der Waals surface area contributed by atoms with Gasteiger partial charge in [0, 0.05) is 22.9 Å². The van der Waals surface area contributed by atoms with E-state index in [0.29, 0.717) is 11.3 Å². The first kappa shape index (κ1) is 16.1. The lowest BCUT2D eigenvalue weighted by molar-refractivity contribution is -0.385. The van der Waals surface area contributed by atoms with Crippen LogP contribution in [0.25, 0.3) is 5.65 Å². The van der Waals surface area contributed by atoms with Crippen molar-refractivity contribution in [1.82, 2.24) is 14.7 Å². The molecule has 122 valence electrons. The molecule has 1 N–H and O–H groups in total. The van der Waals surface area contributed by atoms with Crippen molar-refractivity contribution in [3.63, 3.8) is 0 Å². The lowest BCUT2D eigenvalue weighted by Gasteiger charge is -2.04. The fourth-order valence-corrected chi connectivity index (χ4v) is 2.52. The minimum Gasteiger partial charge on any atom is -0.346 e. The Labute approximate surface area is 143 Å². The van der Waals surface area contributed by atoms with E-state index in [9.17, 15) is 19.3 Å². The summed E-state index contributed by atoms with van der Waals surface area (Å²) in [5.41, 5.74) is 0.648. The van der Waals surface area contributed by atoms with E-state index in [-0.39, 0.29) is 12.1 Å². The molecular formula is C15H10BrFN4O3. The van der Waals surface area contributed by atoms with E-state index >= 15 is 0 Å². The summed E-state index contributed by atoms with van der Waals surface area (Å²) >= 11 is 3.35. The zero-order valence-corrected chi connectivity index (χ0v) is 13.7. The van der Waals surface area contributed by atoms with Gasteiger partial charge in [0.1, 0.15) is 11.5 Å². The van der Waals surface area contributed by atoms with Gasteiger partial charge in [0.25, 0.3) is 11.6 Å². The topological polar surface area (TPSA) is 89.5 Å². The summed E-state index contributed by atoms with van der Waals surface area (Å²) in [6, 6.07) is 6.55. The van der Waals surface area contributed by atoms with Gasteiger partial charge in [-0.3, -0.25) is 14.9 Å². The molecule has 0 fully saturated rings. The van der Waals surface area contributed by atoms with Crippen LogP contribution in [-0.2, 0) is 6.54 Å². The van der Waals surface area contributed by atoms with Gasteiger partial charge in [-0.05, 0) is 34.1 Å². The number of nitro groups is 1. The molecule has 0 radical (unpaired) electrons. The quantitative estimate of drug-likeness (QED) is 0.545. The van der Waals surface area contributed by atoms with Crippen molar-refractivity contribution in [3.8, 4) is 0 Å². The number of amides is 1. The minimum atomic E-state index is -0.944. The molecule has 3 rings (SSSR count). The van der Waals surface area contributed by atoms with Gasteiger partial charge < -0.3 is 9.72 Å². The highest BCUT2D eigenvalue weighted by molar-refractivity contribution is 9.10. The van der Waals surface area contributed by atoms with E-state index in [4.69, 9.17) is 0 Å². The van der Waals surface area contributed by atoms with Crippen LogP contribution in [0.15, 0.2) is 47.2 Å². The van der Waals surface area contributed by atoms with Crippen molar-refractivity contribution in [3.05, 3.63) is 74.4 Å². The molecule has 1 amide bonds. The number of pyridine rings is 1. The zero-order chi connectivity index (χ0) is 17.3. The van der Waals surface area contributed by atoms with Crippen LogP contribution in [0.4, 0.5) is 10.1 Å². The monoisotopic (exact) mass is 392 g/mol. The van der Waals surface area contributed by atoms with Crippen LogP contribution >= 0.6 is 15.9 Å². The third kappa shape index (κ3) is 3.25. The number of halogens is 2. The van der Waals surface area contributed by atoms with Gasteiger partial charge in [0.05, 0.1) is 28.8 Å². The molecular weight excluding hydrogens is 383 g/mol. The highest BCUT2D eigenvalue weighted by Crippen LogP contribution is 2.17. The standard InChI is InChI=1S/C15H10BrFN4O3/c16-9-1-4-14-19-10(8-20(14)7-9)6-18-15(22)12-3-2-11(21(23)24)5-13(12)17/h1-5,7-8H,6H2,(H,18,22). The molecule has 2 heterocycles. The van der Waals surface area contributed by atoms with Crippen molar-refractivity contribution in [2.45, 2.75) is 6.54 Å². The Morgan fingerprint density at radius 3 is 2.83 bits per heavy atom. The van der Waals surface area contributed by atoms with Crippen molar-refractivity contribution in [2.24, 2.45) is 0 Å². The summed E-state index contributed by atoms with van der Waals surface area (Å²) in [5, 5.41) is 13.1. The van der Waals surface area contributed by atoms with Crippen LogP contribution < -0.4 is 5.32 Å². The zero-order valence-electron chi connectivity index (χ0n) is 12.1. The number of aromatic nitrogens is 2. The Morgan fingerprint density at radius 1 is 1.33 bits per heavy atom. The maximum absolute atomic E-state index is 13.8. The van der Waals surface area contributed by atoms with Gasteiger partial charge >= 0.3 is 0 Å². The number of imidazole rings is 1. The number of rotatable bonds is 4. The lowest BCUT2D eigenvalue weighted by Crippen LogP contribution is -2.24. The summed E-state index contributed by atoms with van der Waals surface area (Å²) in [6.07, 6.45) is 3.57. The number of benzene rings is 1. The van der Waals surface area contributed by atoms with Crippen LogP contribution in [0.3, 0.4) is 0 Å². The first-order valence-corrected chi connectivity index (χ1v) is 7.58. The van der Waals surface area contributed by atoms with E-state index in [0.717, 1.165) is 22.7 Å². The van der Waals surface area contributed by atoms with Gasteiger partial charge in [-0.1, -0.05) is 0 Å². The molecule has 0 aliphatic heterocycles. The predicted molar refractivity (Wildman–Crippen MR) is 87.1 cm³/mol. The summed E-state index contributed by atoms with van der Waals surface area (Å²) < 4.78 is 16.5.